The van der Waals surface area contributed by atoms with Gasteiger partial charge in [0.05, 0.1) is 15.8 Å². The number of carbonyl (C=O) groups excluding carboxylic acids is 1. The van der Waals surface area contributed by atoms with E-state index >= 15 is 0 Å². The van der Waals surface area contributed by atoms with Crippen LogP contribution in [0.1, 0.15) is 41.8 Å². The summed E-state index contributed by atoms with van der Waals surface area (Å²) < 4.78 is 1.13. The second kappa shape index (κ2) is 7.97. The van der Waals surface area contributed by atoms with Gasteiger partial charge in [-0.05, 0) is 67.4 Å². The molecular weight excluding hydrogens is 390 g/mol. The predicted octanol–water partition coefficient (Wildman–Crippen LogP) is 5.06. The van der Waals surface area contributed by atoms with Crippen LogP contribution in [0.2, 0.25) is 0 Å². The lowest BCUT2D eigenvalue weighted by molar-refractivity contribution is -0.113. The van der Waals surface area contributed by atoms with Crippen molar-refractivity contribution in [3.8, 4) is 0 Å². The summed E-state index contributed by atoms with van der Waals surface area (Å²) >= 11 is 1.61. The van der Waals surface area contributed by atoms with E-state index in [9.17, 15) is 4.79 Å². The number of para-hydroxylation sites is 1. The van der Waals surface area contributed by atoms with Gasteiger partial charge in [-0.1, -0.05) is 25.1 Å². The quantitative estimate of drug-likeness (QED) is 0.584. The van der Waals surface area contributed by atoms with Gasteiger partial charge < -0.3 is 9.80 Å². The molecule has 1 aliphatic carbocycles. The molecule has 154 valence electrons. The highest BCUT2D eigenvalue weighted by molar-refractivity contribution is 7.19. The van der Waals surface area contributed by atoms with E-state index < -0.39 is 0 Å². The third-order valence-corrected chi connectivity index (χ3v) is 7.37. The van der Waals surface area contributed by atoms with Crippen molar-refractivity contribution >= 4 is 44.7 Å². The third kappa shape index (κ3) is 3.68. The molecule has 30 heavy (non-hydrogen) atoms. The second-order valence-corrected chi connectivity index (χ2v) is 9.56. The molecular formula is C25H27N3OS. The SMILES string of the molecule is CC1CC(=O)C(c2nc3ccccc3s2)=Cc2ccc(N3CCCN(C)CC3)cc21. The molecule has 1 fully saturated rings. The monoisotopic (exact) mass is 417 g/mol. The lowest BCUT2D eigenvalue weighted by Gasteiger charge is -2.24. The molecule has 5 heteroatoms. The number of carbonyl (C=O) groups is 1. The summed E-state index contributed by atoms with van der Waals surface area (Å²) in [6.45, 7) is 6.55. The van der Waals surface area contributed by atoms with E-state index in [0.717, 1.165) is 52.5 Å². The van der Waals surface area contributed by atoms with Crippen LogP contribution in [0.15, 0.2) is 42.5 Å². The van der Waals surface area contributed by atoms with Crippen molar-refractivity contribution in [1.82, 2.24) is 9.88 Å². The Kier molecular flexibility index (Phi) is 5.17. The van der Waals surface area contributed by atoms with Crippen LogP contribution < -0.4 is 4.90 Å². The van der Waals surface area contributed by atoms with Gasteiger partial charge in [0.15, 0.2) is 5.78 Å². The van der Waals surface area contributed by atoms with E-state index in [2.05, 4.69) is 54.1 Å². The summed E-state index contributed by atoms with van der Waals surface area (Å²) in [5.41, 5.74) is 5.42. The van der Waals surface area contributed by atoms with Gasteiger partial charge in [0.1, 0.15) is 5.01 Å². The topological polar surface area (TPSA) is 36.4 Å². The van der Waals surface area contributed by atoms with Gasteiger partial charge in [-0.3, -0.25) is 4.79 Å². The van der Waals surface area contributed by atoms with E-state index in [4.69, 9.17) is 4.98 Å². The first kappa shape index (κ1) is 19.5. The van der Waals surface area contributed by atoms with E-state index in [0.29, 0.717) is 6.42 Å². The van der Waals surface area contributed by atoms with Crippen LogP contribution in [0, 0.1) is 0 Å². The van der Waals surface area contributed by atoms with Gasteiger partial charge in [0.25, 0.3) is 0 Å². The highest BCUT2D eigenvalue weighted by atomic mass is 32.1. The van der Waals surface area contributed by atoms with Crippen LogP contribution in [0.5, 0.6) is 0 Å². The predicted molar refractivity (Wildman–Crippen MR) is 126 cm³/mol. The Labute approximate surface area is 181 Å². The third-order valence-electron chi connectivity index (χ3n) is 6.30. The van der Waals surface area contributed by atoms with Gasteiger partial charge in [-0.15, -0.1) is 11.3 Å². The molecule has 1 aromatic heterocycles. The number of likely N-dealkylation sites (N-methyl/N-ethyl adjacent to an activating group) is 1. The number of rotatable bonds is 2. The number of Topliss-reactive ketones (excluding diaryl/α,β-unsaturated/α-hetero) is 1. The van der Waals surface area contributed by atoms with Crippen molar-refractivity contribution in [2.24, 2.45) is 0 Å². The molecule has 1 aliphatic heterocycles. The smallest absolute Gasteiger partial charge is 0.166 e. The fraction of sp³-hybridized carbons (Fsp3) is 0.360. The molecule has 5 rings (SSSR count). The number of nitrogens with zero attached hydrogens (tertiary/aromatic N) is 3. The standard InChI is InChI=1S/C25H27N3OS/c1-17-14-23(29)21(25-26-22-6-3-4-7-24(22)30-25)15-18-8-9-19(16-20(17)18)28-11-5-10-27(2)12-13-28/h3-4,6-9,15-17H,5,10-14H2,1-2H3. The molecule has 1 atom stereocenters. The second-order valence-electron chi connectivity index (χ2n) is 8.53. The lowest BCUT2D eigenvalue weighted by atomic mass is 9.93. The largest absolute Gasteiger partial charge is 0.370 e. The Bertz CT molecular complexity index is 1100. The number of thiazole rings is 1. The molecule has 0 saturated carbocycles. The Morgan fingerprint density at radius 2 is 1.93 bits per heavy atom. The maximum Gasteiger partial charge on any atom is 0.166 e. The van der Waals surface area contributed by atoms with E-state index in [1.165, 1.54) is 17.7 Å². The number of benzene rings is 2. The fourth-order valence-electron chi connectivity index (χ4n) is 4.52. The van der Waals surface area contributed by atoms with Gasteiger partial charge in [0, 0.05) is 31.7 Å². The van der Waals surface area contributed by atoms with Gasteiger partial charge in [0.2, 0.25) is 0 Å². The molecule has 0 radical (unpaired) electrons. The molecule has 0 amide bonds. The zero-order valence-electron chi connectivity index (χ0n) is 17.6. The summed E-state index contributed by atoms with van der Waals surface area (Å²) in [4.78, 5) is 22.8. The number of hydrogen-bond donors (Lipinski definition) is 0. The Balaban J connectivity index is 1.52. The molecule has 1 saturated heterocycles. The zero-order valence-corrected chi connectivity index (χ0v) is 18.4. The minimum absolute atomic E-state index is 0.190. The van der Waals surface area contributed by atoms with E-state index in [1.54, 1.807) is 11.3 Å². The summed E-state index contributed by atoms with van der Waals surface area (Å²) in [7, 11) is 2.20. The fourth-order valence-corrected chi connectivity index (χ4v) is 5.52. The molecule has 0 N–H and O–H groups in total. The maximum absolute atomic E-state index is 13.1. The van der Waals surface area contributed by atoms with Crippen molar-refractivity contribution in [1.29, 1.82) is 0 Å². The molecule has 3 aromatic rings. The first-order valence-electron chi connectivity index (χ1n) is 10.8. The van der Waals surface area contributed by atoms with Crippen LogP contribution in [0.3, 0.4) is 0 Å². The Morgan fingerprint density at radius 1 is 1.07 bits per heavy atom. The average molecular weight is 418 g/mol. The molecule has 2 aliphatic rings. The Morgan fingerprint density at radius 3 is 2.80 bits per heavy atom. The number of ketones is 1. The van der Waals surface area contributed by atoms with Gasteiger partial charge >= 0.3 is 0 Å². The van der Waals surface area contributed by atoms with Crippen molar-refractivity contribution < 1.29 is 4.79 Å². The highest BCUT2D eigenvalue weighted by Crippen LogP contribution is 2.37. The van der Waals surface area contributed by atoms with Crippen LogP contribution in [-0.4, -0.2) is 48.9 Å². The number of anilines is 1. The number of aromatic nitrogens is 1. The minimum Gasteiger partial charge on any atom is -0.370 e. The minimum atomic E-state index is 0.190. The average Bonchev–Trinajstić information content (AvgIpc) is 2.99. The highest BCUT2D eigenvalue weighted by Gasteiger charge is 2.25. The van der Waals surface area contributed by atoms with Crippen LogP contribution in [-0.2, 0) is 4.79 Å². The maximum atomic E-state index is 13.1. The zero-order chi connectivity index (χ0) is 20.7. The van der Waals surface area contributed by atoms with Crippen LogP contribution in [0.25, 0.3) is 21.9 Å². The van der Waals surface area contributed by atoms with E-state index in [-0.39, 0.29) is 11.7 Å². The molecule has 4 nitrogen and oxygen atoms in total. The number of hydrogen-bond acceptors (Lipinski definition) is 5. The number of fused-ring (bicyclic) bond motifs is 2. The van der Waals surface area contributed by atoms with Crippen molar-refractivity contribution in [3.63, 3.8) is 0 Å². The summed E-state index contributed by atoms with van der Waals surface area (Å²) in [6, 6.07) is 14.8. The van der Waals surface area contributed by atoms with E-state index in [1.807, 2.05) is 18.2 Å². The van der Waals surface area contributed by atoms with Gasteiger partial charge in [-0.25, -0.2) is 4.98 Å². The molecule has 2 aromatic carbocycles. The summed E-state index contributed by atoms with van der Waals surface area (Å²) in [5, 5.41) is 0.834. The van der Waals surface area contributed by atoms with Crippen molar-refractivity contribution in [2.45, 2.75) is 25.7 Å². The normalized spacial score (nSPS) is 20.6. The van der Waals surface area contributed by atoms with Crippen molar-refractivity contribution in [3.05, 3.63) is 58.6 Å². The van der Waals surface area contributed by atoms with Gasteiger partial charge in [-0.2, -0.15) is 0 Å². The Hall–Kier alpha value is -2.50. The molecule has 2 heterocycles. The molecule has 0 spiro atoms. The summed E-state index contributed by atoms with van der Waals surface area (Å²) in [6.07, 6.45) is 3.78. The summed E-state index contributed by atoms with van der Waals surface area (Å²) in [5.74, 6) is 0.390. The lowest BCUT2D eigenvalue weighted by Crippen LogP contribution is -2.28. The van der Waals surface area contributed by atoms with Crippen LogP contribution >= 0.6 is 11.3 Å². The molecule has 0 bridgehead atoms. The number of allylic oxidation sites excluding steroid dienone is 1. The first-order chi connectivity index (χ1) is 14.6. The molecule has 1 unspecified atom stereocenters. The first-order valence-corrected chi connectivity index (χ1v) is 11.6. The van der Waals surface area contributed by atoms with Crippen LogP contribution in [0.4, 0.5) is 5.69 Å². The van der Waals surface area contributed by atoms with Crippen molar-refractivity contribution in [2.75, 3.05) is 38.1 Å².